The van der Waals surface area contributed by atoms with E-state index in [9.17, 15) is 8.42 Å². The molecule has 20 heavy (non-hydrogen) atoms. The fourth-order valence-corrected chi connectivity index (χ4v) is 5.27. The van der Waals surface area contributed by atoms with Gasteiger partial charge in [-0.25, -0.2) is 13.1 Å². The zero-order chi connectivity index (χ0) is 14.8. The number of halogens is 2. The maximum absolute atomic E-state index is 12.4. The van der Waals surface area contributed by atoms with Crippen LogP contribution in [-0.4, -0.2) is 27.5 Å². The second kappa shape index (κ2) is 6.87. The average Bonchev–Trinajstić information content (AvgIpc) is 2.42. The van der Waals surface area contributed by atoms with E-state index in [1.807, 2.05) is 7.05 Å². The van der Waals surface area contributed by atoms with Crippen LogP contribution in [0.25, 0.3) is 0 Å². The summed E-state index contributed by atoms with van der Waals surface area (Å²) in [6, 6.07) is 5.69. The lowest BCUT2D eigenvalue weighted by Gasteiger charge is -2.28. The largest absolute Gasteiger partial charge is 0.317 e. The Kier molecular flexibility index (Phi) is 5.64. The Balaban J connectivity index is 2.10. The van der Waals surface area contributed by atoms with Crippen LogP contribution >= 0.6 is 31.9 Å². The zero-order valence-electron chi connectivity index (χ0n) is 11.2. The van der Waals surface area contributed by atoms with Gasteiger partial charge in [-0.15, -0.1) is 0 Å². The molecule has 0 amide bonds. The van der Waals surface area contributed by atoms with Crippen LogP contribution in [0, 0.1) is 0 Å². The number of hydrogen-bond donors (Lipinski definition) is 2. The summed E-state index contributed by atoms with van der Waals surface area (Å²) in [5, 5.41) is 3.24. The van der Waals surface area contributed by atoms with Gasteiger partial charge in [0.15, 0.2) is 0 Å². The van der Waals surface area contributed by atoms with Crippen molar-refractivity contribution in [2.75, 3.05) is 7.05 Å². The molecule has 0 atom stereocenters. The predicted molar refractivity (Wildman–Crippen MR) is 87.3 cm³/mol. The minimum atomic E-state index is -3.48. The van der Waals surface area contributed by atoms with Gasteiger partial charge in [0, 0.05) is 21.0 Å². The van der Waals surface area contributed by atoms with E-state index in [-0.39, 0.29) is 10.9 Å². The second-order valence-electron chi connectivity index (χ2n) is 5.03. The van der Waals surface area contributed by atoms with E-state index in [1.54, 1.807) is 18.2 Å². The van der Waals surface area contributed by atoms with E-state index >= 15 is 0 Å². The van der Waals surface area contributed by atoms with Crippen molar-refractivity contribution in [1.29, 1.82) is 0 Å². The molecule has 1 aliphatic carbocycles. The minimum absolute atomic E-state index is 0.0236. The van der Waals surface area contributed by atoms with Crippen LogP contribution in [0.3, 0.4) is 0 Å². The molecule has 112 valence electrons. The van der Waals surface area contributed by atoms with Crippen molar-refractivity contribution >= 4 is 41.9 Å². The lowest BCUT2D eigenvalue weighted by atomic mass is 9.92. The number of benzene rings is 1. The highest BCUT2D eigenvalue weighted by Gasteiger charge is 2.26. The van der Waals surface area contributed by atoms with Crippen molar-refractivity contribution < 1.29 is 8.42 Å². The molecule has 1 saturated carbocycles. The Morgan fingerprint density at radius 2 is 1.70 bits per heavy atom. The Labute approximate surface area is 137 Å². The highest BCUT2D eigenvalue weighted by atomic mass is 79.9. The first-order valence-electron chi connectivity index (χ1n) is 6.57. The molecule has 4 nitrogen and oxygen atoms in total. The van der Waals surface area contributed by atoms with Crippen LogP contribution in [0.1, 0.15) is 25.7 Å². The standard InChI is InChI=1S/C13H18Br2N2O2S/c1-16-10-3-5-11(6-4-10)17-20(18,19)13-8-9(14)2-7-12(13)15/h2,7-8,10-11,16-17H,3-6H2,1H3. The van der Waals surface area contributed by atoms with Crippen molar-refractivity contribution in [1.82, 2.24) is 10.0 Å². The molecule has 2 N–H and O–H groups in total. The van der Waals surface area contributed by atoms with Gasteiger partial charge < -0.3 is 5.32 Å². The van der Waals surface area contributed by atoms with Gasteiger partial charge in [-0.05, 0) is 66.9 Å². The van der Waals surface area contributed by atoms with Crippen molar-refractivity contribution in [2.24, 2.45) is 0 Å². The van der Waals surface area contributed by atoms with Gasteiger partial charge in [-0.1, -0.05) is 15.9 Å². The fraction of sp³-hybridized carbons (Fsp3) is 0.538. The quantitative estimate of drug-likeness (QED) is 0.779. The summed E-state index contributed by atoms with van der Waals surface area (Å²) < 4.78 is 29.0. The van der Waals surface area contributed by atoms with Gasteiger partial charge in [0.25, 0.3) is 0 Å². The molecule has 0 radical (unpaired) electrons. The van der Waals surface area contributed by atoms with Crippen LogP contribution in [0.4, 0.5) is 0 Å². The molecule has 0 heterocycles. The van der Waals surface area contributed by atoms with Crippen LogP contribution < -0.4 is 10.0 Å². The third-order valence-corrected chi connectivity index (χ3v) is 6.65. The Hall–Kier alpha value is 0.0500. The Morgan fingerprint density at radius 3 is 2.30 bits per heavy atom. The summed E-state index contributed by atoms with van der Waals surface area (Å²) >= 11 is 6.61. The van der Waals surface area contributed by atoms with Gasteiger partial charge in [0.05, 0.1) is 4.90 Å². The molecule has 0 bridgehead atoms. The van der Waals surface area contributed by atoms with Crippen molar-refractivity contribution in [3.8, 4) is 0 Å². The number of sulfonamides is 1. The highest BCUT2D eigenvalue weighted by Crippen LogP contribution is 2.27. The summed E-state index contributed by atoms with van der Waals surface area (Å²) in [6.45, 7) is 0. The van der Waals surface area contributed by atoms with Crippen LogP contribution in [0.2, 0.25) is 0 Å². The molecule has 7 heteroatoms. The SMILES string of the molecule is CNC1CCC(NS(=O)(=O)c2cc(Br)ccc2Br)CC1. The van der Waals surface area contributed by atoms with Gasteiger partial charge in [-0.3, -0.25) is 0 Å². The summed E-state index contributed by atoms with van der Waals surface area (Å²) in [7, 11) is -1.53. The third-order valence-electron chi connectivity index (χ3n) is 3.64. The molecule has 1 aromatic carbocycles. The van der Waals surface area contributed by atoms with Crippen LogP contribution in [-0.2, 0) is 10.0 Å². The highest BCUT2D eigenvalue weighted by molar-refractivity contribution is 9.11. The minimum Gasteiger partial charge on any atom is -0.317 e. The van der Waals surface area contributed by atoms with E-state index in [0.29, 0.717) is 10.5 Å². The first-order chi connectivity index (χ1) is 9.42. The lowest BCUT2D eigenvalue weighted by Crippen LogP contribution is -2.41. The lowest BCUT2D eigenvalue weighted by molar-refractivity contribution is 0.342. The molecule has 2 rings (SSSR count). The smallest absolute Gasteiger partial charge is 0.241 e. The molecule has 0 unspecified atom stereocenters. The van der Waals surface area contributed by atoms with Crippen molar-refractivity contribution in [2.45, 2.75) is 42.7 Å². The molecule has 1 aliphatic rings. The van der Waals surface area contributed by atoms with Crippen LogP contribution in [0.15, 0.2) is 32.0 Å². The fourth-order valence-electron chi connectivity index (χ4n) is 2.47. The van der Waals surface area contributed by atoms with E-state index in [1.165, 1.54) is 0 Å². The summed E-state index contributed by atoms with van der Waals surface area (Å²) in [5.41, 5.74) is 0. The molecular weight excluding hydrogens is 408 g/mol. The monoisotopic (exact) mass is 424 g/mol. The number of nitrogens with one attached hydrogen (secondary N) is 2. The van der Waals surface area contributed by atoms with Crippen molar-refractivity contribution in [3.63, 3.8) is 0 Å². The topological polar surface area (TPSA) is 58.2 Å². The molecule has 1 aromatic rings. The van der Waals surface area contributed by atoms with Gasteiger partial charge in [0.2, 0.25) is 10.0 Å². The maximum atomic E-state index is 12.4. The zero-order valence-corrected chi connectivity index (χ0v) is 15.2. The molecular formula is C13H18Br2N2O2S. The van der Waals surface area contributed by atoms with E-state index in [4.69, 9.17) is 0 Å². The molecule has 0 saturated heterocycles. The maximum Gasteiger partial charge on any atom is 0.241 e. The molecule has 0 aliphatic heterocycles. The molecule has 1 fully saturated rings. The van der Waals surface area contributed by atoms with Gasteiger partial charge in [0.1, 0.15) is 0 Å². The predicted octanol–water partition coefficient (Wildman–Crippen LogP) is 3.02. The summed E-state index contributed by atoms with van der Waals surface area (Å²) in [4.78, 5) is 0.280. The molecule has 0 spiro atoms. The normalized spacial score (nSPS) is 23.8. The first-order valence-corrected chi connectivity index (χ1v) is 9.64. The second-order valence-corrected chi connectivity index (χ2v) is 8.49. The van der Waals surface area contributed by atoms with E-state index in [2.05, 4.69) is 41.9 Å². The summed E-state index contributed by atoms with van der Waals surface area (Å²) in [6.07, 6.45) is 3.75. The van der Waals surface area contributed by atoms with E-state index in [0.717, 1.165) is 30.2 Å². The Bertz CT molecular complexity index is 570. The average molecular weight is 426 g/mol. The Morgan fingerprint density at radius 1 is 1.10 bits per heavy atom. The number of rotatable bonds is 4. The van der Waals surface area contributed by atoms with Gasteiger partial charge >= 0.3 is 0 Å². The van der Waals surface area contributed by atoms with Crippen LogP contribution in [0.5, 0.6) is 0 Å². The van der Waals surface area contributed by atoms with E-state index < -0.39 is 10.0 Å². The van der Waals surface area contributed by atoms with Crippen molar-refractivity contribution in [3.05, 3.63) is 27.1 Å². The number of hydrogen-bond acceptors (Lipinski definition) is 3. The summed E-state index contributed by atoms with van der Waals surface area (Å²) in [5.74, 6) is 0. The molecule has 0 aromatic heterocycles. The third kappa shape index (κ3) is 4.04. The first kappa shape index (κ1) is 16.4. The van der Waals surface area contributed by atoms with Gasteiger partial charge in [-0.2, -0.15) is 0 Å².